The summed E-state index contributed by atoms with van der Waals surface area (Å²) >= 11 is 1.74. The number of hydrogen-bond donors (Lipinski definition) is 2. The average molecular weight is 248 g/mol. The van der Waals surface area contributed by atoms with E-state index in [9.17, 15) is 0 Å². The lowest BCUT2D eigenvalue weighted by Crippen LogP contribution is -2.05. The number of nitrogens with one attached hydrogen (secondary N) is 2. The maximum Gasteiger partial charge on any atom is 0.132 e. The number of hydrogen-bond acceptors (Lipinski definition) is 5. The van der Waals surface area contributed by atoms with E-state index in [1.165, 1.54) is 4.88 Å². The van der Waals surface area contributed by atoms with Crippen molar-refractivity contribution in [3.63, 3.8) is 0 Å². The van der Waals surface area contributed by atoms with Gasteiger partial charge in [0.1, 0.15) is 17.5 Å². The van der Waals surface area contributed by atoms with Crippen molar-refractivity contribution in [3.05, 3.63) is 34.3 Å². The van der Waals surface area contributed by atoms with Crippen molar-refractivity contribution in [2.24, 2.45) is 0 Å². The van der Waals surface area contributed by atoms with E-state index < -0.39 is 0 Å². The van der Waals surface area contributed by atoms with E-state index in [4.69, 9.17) is 0 Å². The normalized spacial score (nSPS) is 10.2. The highest BCUT2D eigenvalue weighted by atomic mass is 32.1. The Balaban J connectivity index is 2.09. The average Bonchev–Trinajstić information content (AvgIpc) is 2.89. The predicted octanol–water partition coefficient (Wildman–Crippen LogP) is 2.75. The molecule has 2 N–H and O–H groups in total. The summed E-state index contributed by atoms with van der Waals surface area (Å²) in [5.41, 5.74) is 0. The Morgan fingerprint density at radius 1 is 1.29 bits per heavy atom. The molecule has 17 heavy (non-hydrogen) atoms. The minimum atomic E-state index is 0.807. The lowest BCUT2D eigenvalue weighted by molar-refractivity contribution is 0.936. The van der Waals surface area contributed by atoms with Crippen molar-refractivity contribution in [2.75, 3.05) is 17.7 Å². The second-order valence-electron chi connectivity index (χ2n) is 3.59. The summed E-state index contributed by atoms with van der Waals surface area (Å²) < 4.78 is 0. The van der Waals surface area contributed by atoms with E-state index in [1.807, 2.05) is 13.1 Å². The second-order valence-corrected chi connectivity index (χ2v) is 4.62. The lowest BCUT2D eigenvalue weighted by Gasteiger charge is -2.08. The number of anilines is 2. The summed E-state index contributed by atoms with van der Waals surface area (Å²) in [4.78, 5) is 10.1. The van der Waals surface area contributed by atoms with Gasteiger partial charge < -0.3 is 10.6 Å². The van der Waals surface area contributed by atoms with Crippen LogP contribution in [0.3, 0.4) is 0 Å². The van der Waals surface area contributed by atoms with E-state index in [1.54, 1.807) is 11.3 Å². The third-order valence-corrected chi connectivity index (χ3v) is 3.25. The van der Waals surface area contributed by atoms with Crippen LogP contribution in [-0.4, -0.2) is 17.0 Å². The molecule has 0 spiro atoms. The fraction of sp³-hybridized carbons (Fsp3) is 0.333. The van der Waals surface area contributed by atoms with Crippen LogP contribution in [0.25, 0.3) is 0 Å². The Labute approximate surface area is 105 Å². The largest absolute Gasteiger partial charge is 0.373 e. The Morgan fingerprint density at radius 3 is 2.76 bits per heavy atom. The smallest absolute Gasteiger partial charge is 0.132 e. The van der Waals surface area contributed by atoms with Crippen LogP contribution in [-0.2, 0) is 13.0 Å². The summed E-state index contributed by atoms with van der Waals surface area (Å²) in [7, 11) is 1.87. The van der Waals surface area contributed by atoms with E-state index in [-0.39, 0.29) is 0 Å². The number of aryl methyl sites for hydroxylation is 1. The van der Waals surface area contributed by atoms with E-state index in [2.05, 4.69) is 45.0 Å². The molecule has 0 saturated heterocycles. The fourth-order valence-corrected chi connectivity index (χ4v) is 2.11. The molecule has 5 heteroatoms. The predicted molar refractivity (Wildman–Crippen MR) is 72.6 cm³/mol. The van der Waals surface area contributed by atoms with E-state index in [0.29, 0.717) is 0 Å². The van der Waals surface area contributed by atoms with E-state index in [0.717, 1.165) is 30.4 Å². The van der Waals surface area contributed by atoms with Crippen LogP contribution >= 0.6 is 11.3 Å². The molecule has 2 aromatic rings. The molecule has 0 unspecified atom stereocenters. The van der Waals surface area contributed by atoms with Gasteiger partial charge in [0, 0.05) is 24.4 Å². The second kappa shape index (κ2) is 5.63. The molecular weight excluding hydrogens is 232 g/mol. The minimum absolute atomic E-state index is 0.807. The molecule has 0 aliphatic heterocycles. The summed E-state index contributed by atoms with van der Waals surface area (Å²) in [6.45, 7) is 2.86. The first kappa shape index (κ1) is 11.9. The van der Waals surface area contributed by atoms with Gasteiger partial charge in [-0.3, -0.25) is 0 Å². The van der Waals surface area contributed by atoms with Crippen LogP contribution in [0.5, 0.6) is 0 Å². The van der Waals surface area contributed by atoms with Crippen LogP contribution in [0, 0.1) is 0 Å². The standard InChI is InChI=1S/C12H16N4S/c1-3-10-15-11(13-2)7-12(16-10)14-8-9-5-4-6-17-9/h4-7H,3,8H2,1-2H3,(H2,13,14,15,16). The van der Waals surface area contributed by atoms with E-state index >= 15 is 0 Å². The third kappa shape index (κ3) is 3.17. The monoisotopic (exact) mass is 248 g/mol. The van der Waals surface area contributed by atoms with Crippen molar-refractivity contribution in [1.29, 1.82) is 0 Å². The Hall–Kier alpha value is -1.62. The SMILES string of the molecule is CCc1nc(NC)cc(NCc2cccs2)n1. The first-order chi connectivity index (χ1) is 8.31. The van der Waals surface area contributed by atoms with Crippen LogP contribution in [0.2, 0.25) is 0 Å². The summed E-state index contributed by atoms with van der Waals surface area (Å²) in [6, 6.07) is 6.09. The highest BCUT2D eigenvalue weighted by Gasteiger charge is 2.02. The number of rotatable bonds is 5. The van der Waals surface area contributed by atoms with Crippen LogP contribution in [0.1, 0.15) is 17.6 Å². The van der Waals surface area contributed by atoms with Gasteiger partial charge in [-0.25, -0.2) is 9.97 Å². The van der Waals surface area contributed by atoms with Gasteiger partial charge in [-0.15, -0.1) is 11.3 Å². The van der Waals surface area contributed by atoms with Crippen LogP contribution < -0.4 is 10.6 Å². The number of thiophene rings is 1. The van der Waals surface area contributed by atoms with Gasteiger partial charge in [0.15, 0.2) is 0 Å². The zero-order chi connectivity index (χ0) is 12.1. The van der Waals surface area contributed by atoms with Crippen molar-refractivity contribution < 1.29 is 0 Å². The molecule has 2 heterocycles. The molecule has 0 aromatic carbocycles. The summed E-state index contributed by atoms with van der Waals surface area (Å²) in [6.07, 6.45) is 0.837. The quantitative estimate of drug-likeness (QED) is 0.854. The van der Waals surface area contributed by atoms with Gasteiger partial charge >= 0.3 is 0 Å². The topological polar surface area (TPSA) is 49.8 Å². The van der Waals surface area contributed by atoms with Crippen LogP contribution in [0.4, 0.5) is 11.6 Å². The Kier molecular flexibility index (Phi) is 3.93. The zero-order valence-electron chi connectivity index (χ0n) is 10.0. The first-order valence-corrected chi connectivity index (χ1v) is 6.51. The van der Waals surface area contributed by atoms with Gasteiger partial charge in [0.25, 0.3) is 0 Å². The maximum absolute atomic E-state index is 4.44. The van der Waals surface area contributed by atoms with Crippen molar-refractivity contribution >= 4 is 23.0 Å². The minimum Gasteiger partial charge on any atom is -0.373 e. The number of nitrogens with zero attached hydrogens (tertiary/aromatic N) is 2. The molecule has 2 aromatic heterocycles. The zero-order valence-corrected chi connectivity index (χ0v) is 10.8. The van der Waals surface area contributed by atoms with Crippen molar-refractivity contribution in [3.8, 4) is 0 Å². The molecule has 0 fully saturated rings. The fourth-order valence-electron chi connectivity index (χ4n) is 1.46. The van der Waals surface area contributed by atoms with Crippen molar-refractivity contribution in [2.45, 2.75) is 19.9 Å². The Morgan fingerprint density at radius 2 is 2.12 bits per heavy atom. The molecule has 0 saturated carbocycles. The van der Waals surface area contributed by atoms with Crippen LogP contribution in [0.15, 0.2) is 23.6 Å². The molecule has 4 nitrogen and oxygen atoms in total. The first-order valence-electron chi connectivity index (χ1n) is 5.63. The van der Waals surface area contributed by atoms with Gasteiger partial charge in [-0.05, 0) is 11.4 Å². The molecule has 90 valence electrons. The number of aromatic nitrogens is 2. The van der Waals surface area contributed by atoms with Gasteiger partial charge in [0.05, 0.1) is 6.54 Å². The molecule has 0 amide bonds. The molecule has 0 atom stereocenters. The lowest BCUT2D eigenvalue weighted by atomic mass is 10.4. The third-order valence-electron chi connectivity index (χ3n) is 2.37. The molecule has 0 aliphatic carbocycles. The highest BCUT2D eigenvalue weighted by molar-refractivity contribution is 7.09. The molecule has 0 aliphatic rings. The summed E-state index contributed by atoms with van der Waals surface area (Å²) in [5, 5.41) is 8.44. The van der Waals surface area contributed by atoms with Crippen molar-refractivity contribution in [1.82, 2.24) is 9.97 Å². The maximum atomic E-state index is 4.44. The molecule has 0 bridgehead atoms. The highest BCUT2D eigenvalue weighted by Crippen LogP contribution is 2.14. The van der Waals surface area contributed by atoms with Gasteiger partial charge in [-0.2, -0.15) is 0 Å². The Bertz CT molecular complexity index is 445. The molecule has 2 rings (SSSR count). The van der Waals surface area contributed by atoms with Gasteiger partial charge in [-0.1, -0.05) is 13.0 Å². The summed E-state index contributed by atoms with van der Waals surface area (Å²) in [5.74, 6) is 2.57. The molecule has 0 radical (unpaired) electrons. The molecular formula is C12H16N4S. The van der Waals surface area contributed by atoms with Gasteiger partial charge in [0.2, 0.25) is 0 Å².